The largest absolute Gasteiger partial charge is 0.383 e. The van der Waals surface area contributed by atoms with E-state index in [1.54, 1.807) is 14.2 Å². The summed E-state index contributed by atoms with van der Waals surface area (Å²) >= 11 is 0. The fourth-order valence-electron chi connectivity index (χ4n) is 0.966. The topological polar surface area (TPSA) is 30.5 Å². The van der Waals surface area contributed by atoms with Crippen LogP contribution >= 0.6 is 0 Å². The summed E-state index contributed by atoms with van der Waals surface area (Å²) in [6.45, 7) is 5.75. The van der Waals surface area contributed by atoms with Crippen LogP contribution in [0.4, 0.5) is 0 Å². The van der Waals surface area contributed by atoms with Crippen LogP contribution in [0.5, 0.6) is 0 Å². The highest BCUT2D eigenvalue weighted by Gasteiger charge is 2.14. The van der Waals surface area contributed by atoms with Crippen molar-refractivity contribution in [3.63, 3.8) is 0 Å². The fraction of sp³-hybridized carbons (Fsp3) is 1.00. The van der Waals surface area contributed by atoms with Crippen molar-refractivity contribution < 1.29 is 9.47 Å². The van der Waals surface area contributed by atoms with Crippen LogP contribution in [0.1, 0.15) is 13.8 Å². The minimum absolute atomic E-state index is 0.204. The lowest BCUT2D eigenvalue weighted by Crippen LogP contribution is -2.42. The molecule has 0 heterocycles. The molecule has 1 N–H and O–H groups in total. The number of likely N-dealkylation sites (N-methyl/N-ethyl adjacent to an activating group) is 1. The molecule has 0 amide bonds. The first kappa shape index (κ1) is 10.9. The molecular formula is C8H19NO2. The van der Waals surface area contributed by atoms with Crippen LogP contribution in [-0.4, -0.2) is 39.5 Å². The summed E-state index contributed by atoms with van der Waals surface area (Å²) < 4.78 is 10.2. The minimum atomic E-state index is 0.204. The molecule has 0 radical (unpaired) electrons. The van der Waals surface area contributed by atoms with E-state index in [1.807, 2.05) is 6.92 Å². The number of ether oxygens (including phenoxy) is 2. The Labute approximate surface area is 69.1 Å². The van der Waals surface area contributed by atoms with Gasteiger partial charge in [0, 0.05) is 14.2 Å². The van der Waals surface area contributed by atoms with Crippen LogP contribution in [0.25, 0.3) is 0 Å². The Morgan fingerprint density at radius 1 is 1.36 bits per heavy atom. The third kappa shape index (κ3) is 4.35. The van der Waals surface area contributed by atoms with E-state index in [0.717, 1.165) is 6.54 Å². The first-order chi connectivity index (χ1) is 5.26. The Hall–Kier alpha value is -0.120. The first-order valence-electron chi connectivity index (χ1n) is 4.01. The van der Waals surface area contributed by atoms with Crippen LogP contribution in [0, 0.1) is 0 Å². The summed E-state index contributed by atoms with van der Waals surface area (Å²) in [6, 6.07) is 0.301. The van der Waals surface area contributed by atoms with Gasteiger partial charge < -0.3 is 14.8 Å². The predicted octanol–water partition coefficient (Wildman–Crippen LogP) is 0.646. The maximum Gasteiger partial charge on any atom is 0.0718 e. The van der Waals surface area contributed by atoms with Gasteiger partial charge in [-0.15, -0.1) is 0 Å². The molecule has 2 atom stereocenters. The standard InChI is InChI=1S/C8H19NO2/c1-5-9-8(6-10-3)7(2)11-4/h7-9H,5-6H2,1-4H3. The number of methoxy groups -OCH3 is 2. The molecule has 0 aromatic rings. The molecule has 0 rings (SSSR count). The Kier molecular flexibility index (Phi) is 6.51. The molecule has 0 spiro atoms. The zero-order valence-corrected chi connectivity index (χ0v) is 7.89. The van der Waals surface area contributed by atoms with Gasteiger partial charge in [-0.1, -0.05) is 6.92 Å². The van der Waals surface area contributed by atoms with Crippen molar-refractivity contribution in [2.75, 3.05) is 27.4 Å². The molecule has 3 nitrogen and oxygen atoms in total. The summed E-state index contributed by atoms with van der Waals surface area (Å²) in [5, 5.41) is 3.28. The average molecular weight is 161 g/mol. The second-order valence-electron chi connectivity index (χ2n) is 2.56. The molecule has 0 aliphatic rings. The van der Waals surface area contributed by atoms with Gasteiger partial charge in [0.2, 0.25) is 0 Å². The molecule has 0 bridgehead atoms. The number of rotatable bonds is 6. The SMILES string of the molecule is CCNC(COC)C(C)OC. The van der Waals surface area contributed by atoms with E-state index in [4.69, 9.17) is 9.47 Å². The summed E-state index contributed by atoms with van der Waals surface area (Å²) in [5.74, 6) is 0. The van der Waals surface area contributed by atoms with Gasteiger partial charge in [0.05, 0.1) is 18.8 Å². The van der Waals surface area contributed by atoms with Gasteiger partial charge in [0.15, 0.2) is 0 Å². The third-order valence-electron chi connectivity index (χ3n) is 1.75. The van der Waals surface area contributed by atoms with Gasteiger partial charge in [0.25, 0.3) is 0 Å². The van der Waals surface area contributed by atoms with Gasteiger partial charge in [-0.3, -0.25) is 0 Å². The summed E-state index contributed by atoms with van der Waals surface area (Å²) in [4.78, 5) is 0. The molecule has 0 saturated heterocycles. The zero-order chi connectivity index (χ0) is 8.69. The van der Waals surface area contributed by atoms with Crippen molar-refractivity contribution in [1.82, 2.24) is 5.32 Å². The molecule has 0 saturated carbocycles. The minimum Gasteiger partial charge on any atom is -0.383 e. The molecule has 0 fully saturated rings. The molecule has 2 unspecified atom stereocenters. The maximum atomic E-state index is 5.17. The van der Waals surface area contributed by atoms with E-state index in [1.165, 1.54) is 0 Å². The van der Waals surface area contributed by atoms with E-state index in [2.05, 4.69) is 12.2 Å². The normalized spacial score (nSPS) is 16.4. The molecular weight excluding hydrogens is 142 g/mol. The summed E-state index contributed by atoms with van der Waals surface area (Å²) in [6.07, 6.45) is 0.204. The molecule has 0 aromatic heterocycles. The second kappa shape index (κ2) is 6.58. The number of hydrogen-bond donors (Lipinski definition) is 1. The maximum absolute atomic E-state index is 5.17. The van der Waals surface area contributed by atoms with Gasteiger partial charge >= 0.3 is 0 Å². The Bertz CT molecular complexity index is 82.2. The van der Waals surface area contributed by atoms with E-state index in [9.17, 15) is 0 Å². The lowest BCUT2D eigenvalue weighted by atomic mass is 10.2. The van der Waals surface area contributed by atoms with E-state index in [0.29, 0.717) is 12.6 Å². The molecule has 68 valence electrons. The Morgan fingerprint density at radius 3 is 2.36 bits per heavy atom. The predicted molar refractivity (Wildman–Crippen MR) is 45.8 cm³/mol. The quantitative estimate of drug-likeness (QED) is 0.620. The molecule has 0 aliphatic heterocycles. The smallest absolute Gasteiger partial charge is 0.0718 e. The average Bonchev–Trinajstić information content (AvgIpc) is 2.03. The lowest BCUT2D eigenvalue weighted by molar-refractivity contribution is 0.0464. The third-order valence-corrected chi connectivity index (χ3v) is 1.75. The van der Waals surface area contributed by atoms with Crippen LogP contribution in [0.3, 0.4) is 0 Å². The molecule has 0 aromatic carbocycles. The Morgan fingerprint density at radius 2 is 2.00 bits per heavy atom. The highest BCUT2D eigenvalue weighted by molar-refractivity contribution is 4.71. The van der Waals surface area contributed by atoms with Crippen molar-refractivity contribution in [3.8, 4) is 0 Å². The molecule has 11 heavy (non-hydrogen) atoms. The van der Waals surface area contributed by atoms with Gasteiger partial charge in [-0.2, -0.15) is 0 Å². The van der Waals surface area contributed by atoms with E-state index >= 15 is 0 Å². The number of nitrogens with one attached hydrogen (secondary N) is 1. The highest BCUT2D eigenvalue weighted by atomic mass is 16.5. The van der Waals surface area contributed by atoms with Gasteiger partial charge in [-0.25, -0.2) is 0 Å². The molecule has 0 aliphatic carbocycles. The lowest BCUT2D eigenvalue weighted by Gasteiger charge is -2.22. The van der Waals surface area contributed by atoms with Crippen LogP contribution < -0.4 is 5.32 Å². The first-order valence-corrected chi connectivity index (χ1v) is 4.01. The fourth-order valence-corrected chi connectivity index (χ4v) is 0.966. The molecule has 3 heteroatoms. The van der Waals surface area contributed by atoms with E-state index in [-0.39, 0.29) is 6.10 Å². The van der Waals surface area contributed by atoms with Crippen molar-refractivity contribution in [2.24, 2.45) is 0 Å². The second-order valence-corrected chi connectivity index (χ2v) is 2.56. The van der Waals surface area contributed by atoms with Crippen molar-refractivity contribution in [1.29, 1.82) is 0 Å². The van der Waals surface area contributed by atoms with Crippen molar-refractivity contribution in [3.05, 3.63) is 0 Å². The summed E-state index contributed by atoms with van der Waals surface area (Å²) in [7, 11) is 3.41. The van der Waals surface area contributed by atoms with Crippen LogP contribution in [0.2, 0.25) is 0 Å². The Balaban J connectivity index is 3.66. The van der Waals surface area contributed by atoms with E-state index < -0.39 is 0 Å². The van der Waals surface area contributed by atoms with Gasteiger partial charge in [-0.05, 0) is 13.5 Å². The highest BCUT2D eigenvalue weighted by Crippen LogP contribution is 1.97. The van der Waals surface area contributed by atoms with Crippen LogP contribution in [0.15, 0.2) is 0 Å². The van der Waals surface area contributed by atoms with Gasteiger partial charge in [0.1, 0.15) is 0 Å². The summed E-state index contributed by atoms with van der Waals surface area (Å²) in [5.41, 5.74) is 0. The monoisotopic (exact) mass is 161 g/mol. The van der Waals surface area contributed by atoms with Crippen molar-refractivity contribution in [2.45, 2.75) is 26.0 Å². The van der Waals surface area contributed by atoms with Crippen LogP contribution in [-0.2, 0) is 9.47 Å². The van der Waals surface area contributed by atoms with Crippen molar-refractivity contribution >= 4 is 0 Å². The number of hydrogen-bond acceptors (Lipinski definition) is 3. The zero-order valence-electron chi connectivity index (χ0n) is 7.89.